The smallest absolute Gasteiger partial charge is 0.150 e. The molecule has 130 valence electrons. The molecule has 0 fully saturated rings. The molecule has 0 unspecified atom stereocenters. The second-order valence-electron chi connectivity index (χ2n) is 5.67. The molecule has 0 aliphatic carbocycles. The summed E-state index contributed by atoms with van der Waals surface area (Å²) in [5, 5.41) is 4.31. The predicted octanol–water partition coefficient (Wildman–Crippen LogP) is 5.59. The van der Waals surface area contributed by atoms with Crippen molar-refractivity contribution in [1.29, 1.82) is 0 Å². The third-order valence-electron chi connectivity index (χ3n) is 3.99. The number of thiazole rings is 1. The third kappa shape index (κ3) is 2.99. The van der Waals surface area contributed by atoms with Crippen molar-refractivity contribution in [3.05, 3.63) is 65.8 Å². The Bertz CT molecular complexity index is 1240. The van der Waals surface area contributed by atoms with Crippen molar-refractivity contribution in [2.45, 2.75) is 0 Å². The molecule has 0 spiro atoms. The summed E-state index contributed by atoms with van der Waals surface area (Å²) in [6.45, 7) is 0. The van der Waals surface area contributed by atoms with Gasteiger partial charge in [-0.15, -0.1) is 22.7 Å². The first-order valence-corrected chi connectivity index (χ1v) is 10.1. The molecule has 5 aromatic heterocycles. The standard InChI is InChI=1S/C19H10ClN5S2/c20-18-17(27-19(25-18)11-8-21-10-22-9-11)16-12-4-6-26-15(12)7-14(24-16)13-3-1-2-5-23-13/h1-10H. The number of aromatic nitrogens is 5. The molecule has 0 saturated carbocycles. The number of fused-ring (bicyclic) bond motifs is 1. The number of nitrogens with zero attached hydrogens (tertiary/aromatic N) is 5. The van der Waals surface area contributed by atoms with Crippen molar-refractivity contribution < 1.29 is 0 Å². The average Bonchev–Trinajstić information content (AvgIpc) is 3.35. The highest BCUT2D eigenvalue weighted by atomic mass is 35.5. The quantitative estimate of drug-likeness (QED) is 0.390. The van der Waals surface area contributed by atoms with Crippen LogP contribution < -0.4 is 0 Å². The molecule has 0 N–H and O–H groups in total. The van der Waals surface area contributed by atoms with Gasteiger partial charge < -0.3 is 0 Å². The molecule has 0 aliphatic heterocycles. The Kier molecular flexibility index (Phi) is 4.12. The molecule has 0 amide bonds. The lowest BCUT2D eigenvalue weighted by atomic mass is 10.1. The minimum atomic E-state index is 0.428. The Morgan fingerprint density at radius 3 is 2.67 bits per heavy atom. The molecule has 0 bridgehead atoms. The fraction of sp³-hybridized carbons (Fsp3) is 0. The van der Waals surface area contributed by atoms with Gasteiger partial charge in [-0.3, -0.25) is 4.98 Å². The van der Waals surface area contributed by atoms with Crippen LogP contribution in [0.3, 0.4) is 0 Å². The molecule has 5 aromatic rings. The Morgan fingerprint density at radius 1 is 0.963 bits per heavy atom. The van der Waals surface area contributed by atoms with E-state index in [0.717, 1.165) is 42.6 Å². The van der Waals surface area contributed by atoms with Gasteiger partial charge in [0, 0.05) is 34.2 Å². The van der Waals surface area contributed by atoms with Crippen molar-refractivity contribution in [2.24, 2.45) is 0 Å². The maximum absolute atomic E-state index is 6.50. The highest BCUT2D eigenvalue weighted by Gasteiger charge is 2.19. The van der Waals surface area contributed by atoms with Gasteiger partial charge in [-0.2, -0.15) is 0 Å². The van der Waals surface area contributed by atoms with E-state index < -0.39 is 0 Å². The number of rotatable bonds is 3. The number of thiophene rings is 1. The zero-order valence-corrected chi connectivity index (χ0v) is 16.1. The topological polar surface area (TPSA) is 64.5 Å². The average molecular weight is 408 g/mol. The van der Waals surface area contributed by atoms with Gasteiger partial charge in [0.1, 0.15) is 16.5 Å². The summed E-state index contributed by atoms with van der Waals surface area (Å²) in [4.78, 5) is 22.8. The first kappa shape index (κ1) is 16.4. The van der Waals surface area contributed by atoms with Gasteiger partial charge in [0.2, 0.25) is 0 Å². The molecule has 5 rings (SSSR count). The Labute approximate surface area is 167 Å². The molecular weight excluding hydrogens is 398 g/mol. The Balaban J connectivity index is 1.71. The van der Waals surface area contributed by atoms with Crippen molar-refractivity contribution in [3.8, 4) is 32.5 Å². The maximum atomic E-state index is 6.50. The largest absolute Gasteiger partial charge is 0.255 e. The molecule has 0 aromatic carbocycles. The van der Waals surface area contributed by atoms with Crippen molar-refractivity contribution in [3.63, 3.8) is 0 Å². The fourth-order valence-corrected chi connectivity index (χ4v) is 4.86. The van der Waals surface area contributed by atoms with E-state index in [4.69, 9.17) is 16.6 Å². The van der Waals surface area contributed by atoms with Gasteiger partial charge in [-0.25, -0.2) is 19.9 Å². The number of halogens is 1. The zero-order chi connectivity index (χ0) is 18.2. The zero-order valence-electron chi connectivity index (χ0n) is 13.7. The highest BCUT2D eigenvalue weighted by Crippen LogP contribution is 2.41. The summed E-state index contributed by atoms with van der Waals surface area (Å²) in [5.41, 5.74) is 3.29. The molecule has 0 atom stereocenters. The van der Waals surface area contributed by atoms with E-state index in [2.05, 4.69) is 37.4 Å². The van der Waals surface area contributed by atoms with E-state index in [1.165, 1.54) is 17.7 Å². The maximum Gasteiger partial charge on any atom is 0.150 e. The SMILES string of the molecule is Clc1nc(-c2cncnc2)sc1-c1nc(-c2ccccn2)cc2sccc12. The van der Waals surface area contributed by atoms with Crippen molar-refractivity contribution in [2.75, 3.05) is 0 Å². The summed E-state index contributed by atoms with van der Waals surface area (Å²) in [6, 6.07) is 9.92. The first-order chi connectivity index (χ1) is 13.3. The van der Waals surface area contributed by atoms with Crippen LogP contribution >= 0.6 is 34.3 Å². The van der Waals surface area contributed by atoms with Crippen LogP contribution in [0.15, 0.2) is 60.6 Å². The van der Waals surface area contributed by atoms with E-state index >= 15 is 0 Å². The summed E-state index contributed by atoms with van der Waals surface area (Å²) in [5.74, 6) is 0. The monoisotopic (exact) mass is 407 g/mol. The molecule has 0 aliphatic rings. The van der Waals surface area contributed by atoms with Gasteiger partial charge >= 0.3 is 0 Å². The van der Waals surface area contributed by atoms with E-state index in [-0.39, 0.29) is 0 Å². The minimum Gasteiger partial charge on any atom is -0.255 e. The van der Waals surface area contributed by atoms with Crippen LogP contribution in [0.25, 0.3) is 42.6 Å². The Morgan fingerprint density at radius 2 is 1.85 bits per heavy atom. The van der Waals surface area contributed by atoms with Crippen LogP contribution in [0.2, 0.25) is 5.15 Å². The van der Waals surface area contributed by atoms with Crippen molar-refractivity contribution >= 4 is 44.4 Å². The lowest BCUT2D eigenvalue weighted by molar-refractivity contribution is 1.17. The molecule has 0 saturated heterocycles. The number of pyridine rings is 2. The molecule has 5 nitrogen and oxygen atoms in total. The van der Waals surface area contributed by atoms with E-state index in [0.29, 0.717) is 5.15 Å². The summed E-state index contributed by atoms with van der Waals surface area (Å²) in [7, 11) is 0. The van der Waals surface area contributed by atoms with Crippen LogP contribution in [0.4, 0.5) is 0 Å². The summed E-state index contributed by atoms with van der Waals surface area (Å²) < 4.78 is 1.13. The molecule has 27 heavy (non-hydrogen) atoms. The first-order valence-electron chi connectivity index (χ1n) is 8.01. The summed E-state index contributed by atoms with van der Waals surface area (Å²) >= 11 is 9.66. The van der Waals surface area contributed by atoms with Crippen LogP contribution in [0.1, 0.15) is 0 Å². The molecular formula is C19H10ClN5S2. The third-order valence-corrected chi connectivity index (χ3v) is 6.35. The lowest BCUT2D eigenvalue weighted by Gasteiger charge is -2.05. The normalized spacial score (nSPS) is 11.1. The summed E-state index contributed by atoms with van der Waals surface area (Å²) in [6.07, 6.45) is 6.71. The molecule has 5 heterocycles. The van der Waals surface area contributed by atoms with E-state index in [1.54, 1.807) is 29.9 Å². The van der Waals surface area contributed by atoms with Crippen LogP contribution in [0, 0.1) is 0 Å². The van der Waals surface area contributed by atoms with Gasteiger partial charge in [-0.05, 0) is 29.6 Å². The van der Waals surface area contributed by atoms with Gasteiger partial charge in [0.25, 0.3) is 0 Å². The number of hydrogen-bond donors (Lipinski definition) is 0. The van der Waals surface area contributed by atoms with Gasteiger partial charge in [0.05, 0.1) is 22.0 Å². The highest BCUT2D eigenvalue weighted by molar-refractivity contribution is 7.19. The Hall–Kier alpha value is -2.74. The second kappa shape index (κ2) is 6.77. The lowest BCUT2D eigenvalue weighted by Crippen LogP contribution is -1.90. The van der Waals surface area contributed by atoms with Crippen LogP contribution in [-0.4, -0.2) is 24.9 Å². The number of hydrogen-bond acceptors (Lipinski definition) is 7. The van der Waals surface area contributed by atoms with E-state index in [1.807, 2.05) is 18.2 Å². The molecule has 8 heteroatoms. The van der Waals surface area contributed by atoms with E-state index in [9.17, 15) is 0 Å². The van der Waals surface area contributed by atoms with Gasteiger partial charge in [-0.1, -0.05) is 17.7 Å². The van der Waals surface area contributed by atoms with Crippen LogP contribution in [-0.2, 0) is 0 Å². The predicted molar refractivity (Wildman–Crippen MR) is 110 cm³/mol. The van der Waals surface area contributed by atoms with Crippen LogP contribution in [0.5, 0.6) is 0 Å². The fourth-order valence-electron chi connectivity index (χ4n) is 2.76. The van der Waals surface area contributed by atoms with Crippen molar-refractivity contribution in [1.82, 2.24) is 24.9 Å². The second-order valence-corrected chi connectivity index (χ2v) is 7.97. The molecule has 0 radical (unpaired) electrons. The minimum absolute atomic E-state index is 0.428. The van der Waals surface area contributed by atoms with Gasteiger partial charge in [0.15, 0.2) is 0 Å².